The normalized spacial score (nSPS) is 14.6. The summed E-state index contributed by atoms with van der Waals surface area (Å²) in [5.74, 6) is -2.47. The van der Waals surface area contributed by atoms with Crippen molar-refractivity contribution in [2.75, 3.05) is 38.1 Å². The molecule has 0 radical (unpaired) electrons. The smallest absolute Gasteiger partial charge is 0.324 e. The van der Waals surface area contributed by atoms with Crippen LogP contribution in [0.5, 0.6) is 0 Å². The second-order valence-electron chi connectivity index (χ2n) is 7.81. The predicted molar refractivity (Wildman–Crippen MR) is 117 cm³/mol. The van der Waals surface area contributed by atoms with Crippen LogP contribution in [0.3, 0.4) is 0 Å². The number of halogens is 5. The Morgan fingerprint density at radius 2 is 1.82 bits per heavy atom. The monoisotopic (exact) mass is 497 g/mol. The highest BCUT2D eigenvalue weighted by Gasteiger charge is 2.27. The number of benzene rings is 2. The summed E-state index contributed by atoms with van der Waals surface area (Å²) in [6.45, 7) is 2.14. The molecule has 2 heterocycles. The molecule has 0 atom stereocenters. The number of carbonyl (C=O) groups excluding carboxylic acids is 1. The lowest BCUT2D eigenvalue weighted by Gasteiger charge is -2.36. The molecule has 0 N–H and O–H groups in total. The maximum Gasteiger partial charge on any atom is 0.324 e. The van der Waals surface area contributed by atoms with Crippen molar-refractivity contribution in [1.82, 2.24) is 20.0 Å². The van der Waals surface area contributed by atoms with Crippen LogP contribution in [-0.2, 0) is 6.54 Å². The van der Waals surface area contributed by atoms with Gasteiger partial charge in [-0.2, -0.15) is 8.78 Å². The maximum absolute atomic E-state index is 15.0. The number of rotatable bonds is 5. The number of carbonyl (C=O) groups is 1. The van der Waals surface area contributed by atoms with Crippen molar-refractivity contribution in [1.29, 1.82) is 0 Å². The van der Waals surface area contributed by atoms with Crippen LogP contribution in [0.1, 0.15) is 17.9 Å². The Kier molecular flexibility index (Phi) is 7.03. The van der Waals surface area contributed by atoms with E-state index in [1.165, 1.54) is 29.2 Å². The van der Waals surface area contributed by atoms with E-state index in [4.69, 9.17) is 16.0 Å². The van der Waals surface area contributed by atoms with Gasteiger partial charge in [0.25, 0.3) is 5.89 Å². The molecule has 0 saturated carbocycles. The Balaban J connectivity index is 1.62. The first kappa shape index (κ1) is 24.0. The number of piperazine rings is 1. The zero-order valence-electron chi connectivity index (χ0n) is 18.0. The molecule has 12 heteroatoms. The van der Waals surface area contributed by atoms with Crippen LogP contribution >= 0.6 is 11.6 Å². The summed E-state index contributed by atoms with van der Waals surface area (Å²) in [7, 11) is 1.95. The minimum absolute atomic E-state index is 0.113. The highest BCUT2D eigenvalue weighted by atomic mass is 35.5. The minimum Gasteiger partial charge on any atom is -0.415 e. The molecule has 0 unspecified atom stereocenters. The van der Waals surface area contributed by atoms with Crippen molar-refractivity contribution in [2.24, 2.45) is 0 Å². The van der Waals surface area contributed by atoms with E-state index in [1.54, 1.807) is 4.90 Å². The molecule has 4 rings (SSSR count). The van der Waals surface area contributed by atoms with Gasteiger partial charge in [0.15, 0.2) is 0 Å². The molecule has 0 aliphatic carbocycles. The molecular weight excluding hydrogens is 478 g/mol. The third-order valence-electron chi connectivity index (χ3n) is 5.48. The van der Waals surface area contributed by atoms with Crippen LogP contribution < -0.4 is 4.90 Å². The van der Waals surface area contributed by atoms with Crippen LogP contribution in [-0.4, -0.2) is 59.3 Å². The highest BCUT2D eigenvalue weighted by molar-refractivity contribution is 6.31. The summed E-state index contributed by atoms with van der Waals surface area (Å²) in [4.78, 5) is 18.4. The molecule has 180 valence electrons. The number of aromatic nitrogens is 2. The van der Waals surface area contributed by atoms with Crippen molar-refractivity contribution in [3.05, 3.63) is 64.5 Å². The van der Waals surface area contributed by atoms with Crippen molar-refractivity contribution in [2.45, 2.75) is 13.0 Å². The average molecular weight is 498 g/mol. The molecular formula is C22H20ClF4N5O2. The van der Waals surface area contributed by atoms with E-state index in [9.17, 15) is 22.4 Å². The first-order chi connectivity index (χ1) is 16.2. The predicted octanol–water partition coefficient (Wildman–Crippen LogP) is 4.98. The molecule has 1 aromatic heterocycles. The fourth-order valence-corrected chi connectivity index (χ4v) is 3.68. The summed E-state index contributed by atoms with van der Waals surface area (Å²) in [5, 5.41) is 6.57. The molecule has 1 fully saturated rings. The quantitative estimate of drug-likeness (QED) is 0.465. The van der Waals surface area contributed by atoms with Gasteiger partial charge in [-0.15, -0.1) is 10.2 Å². The van der Waals surface area contributed by atoms with Crippen LogP contribution in [0.2, 0.25) is 5.02 Å². The van der Waals surface area contributed by atoms with Crippen molar-refractivity contribution in [3.8, 4) is 11.5 Å². The minimum atomic E-state index is -2.94. The summed E-state index contributed by atoms with van der Waals surface area (Å²) < 4.78 is 59.0. The Labute approximate surface area is 197 Å². The van der Waals surface area contributed by atoms with Crippen molar-refractivity contribution < 1.29 is 26.8 Å². The van der Waals surface area contributed by atoms with E-state index >= 15 is 0 Å². The first-order valence-electron chi connectivity index (χ1n) is 10.3. The molecule has 3 aromatic rings. The van der Waals surface area contributed by atoms with Gasteiger partial charge >= 0.3 is 12.5 Å². The van der Waals surface area contributed by atoms with E-state index in [1.807, 2.05) is 7.05 Å². The van der Waals surface area contributed by atoms with E-state index < -0.39 is 24.0 Å². The molecule has 2 amide bonds. The number of hydrogen-bond donors (Lipinski definition) is 0. The molecule has 1 aliphatic heterocycles. The Bertz CT molecular complexity index is 1180. The standard InChI is InChI=1S/C22H20ClF4N5O2/c1-30-6-8-31(9-7-30)22(33)32(15-4-5-17(24)16(23)11-15)12-14-3-2-13(10-18(14)25)20-28-29-21(34-20)19(26)27/h2-5,10-11,19H,6-9,12H2,1H3. The van der Waals surface area contributed by atoms with Gasteiger partial charge in [0.1, 0.15) is 11.6 Å². The van der Waals surface area contributed by atoms with Crippen LogP contribution in [0, 0.1) is 11.6 Å². The summed E-state index contributed by atoms with van der Waals surface area (Å²) >= 11 is 5.93. The first-order valence-corrected chi connectivity index (χ1v) is 10.7. The van der Waals surface area contributed by atoms with Gasteiger partial charge in [-0.05, 0) is 37.4 Å². The third kappa shape index (κ3) is 5.15. The van der Waals surface area contributed by atoms with Gasteiger partial charge in [-0.1, -0.05) is 17.7 Å². The number of urea groups is 1. The Hall–Kier alpha value is -3.18. The number of likely N-dealkylation sites (N-methyl/N-ethyl adjacent to an activating group) is 1. The second kappa shape index (κ2) is 9.98. The lowest BCUT2D eigenvalue weighted by molar-refractivity contribution is 0.116. The van der Waals surface area contributed by atoms with Gasteiger partial charge in [0, 0.05) is 43.0 Å². The fourth-order valence-electron chi connectivity index (χ4n) is 3.51. The van der Waals surface area contributed by atoms with Gasteiger partial charge in [-0.3, -0.25) is 4.90 Å². The Morgan fingerprint density at radius 3 is 2.44 bits per heavy atom. The van der Waals surface area contributed by atoms with Gasteiger partial charge < -0.3 is 14.2 Å². The second-order valence-corrected chi connectivity index (χ2v) is 8.22. The summed E-state index contributed by atoms with van der Waals surface area (Å²) in [6, 6.07) is 7.35. The number of nitrogens with zero attached hydrogens (tertiary/aromatic N) is 5. The van der Waals surface area contributed by atoms with E-state index in [2.05, 4.69) is 15.1 Å². The Morgan fingerprint density at radius 1 is 1.09 bits per heavy atom. The maximum atomic E-state index is 15.0. The number of alkyl halides is 2. The molecule has 1 aliphatic rings. The van der Waals surface area contributed by atoms with Crippen LogP contribution in [0.4, 0.5) is 28.0 Å². The fraction of sp³-hybridized carbons (Fsp3) is 0.318. The largest absolute Gasteiger partial charge is 0.415 e. The third-order valence-corrected chi connectivity index (χ3v) is 5.76. The number of anilines is 1. The average Bonchev–Trinajstić information content (AvgIpc) is 3.31. The highest BCUT2D eigenvalue weighted by Crippen LogP contribution is 2.28. The summed E-state index contributed by atoms with van der Waals surface area (Å²) in [5.41, 5.74) is 0.556. The van der Waals surface area contributed by atoms with Crippen molar-refractivity contribution in [3.63, 3.8) is 0 Å². The van der Waals surface area contributed by atoms with E-state index in [0.29, 0.717) is 31.9 Å². The van der Waals surface area contributed by atoms with Gasteiger partial charge in [0.2, 0.25) is 5.89 Å². The van der Waals surface area contributed by atoms with Crippen molar-refractivity contribution >= 4 is 23.3 Å². The van der Waals surface area contributed by atoms with Gasteiger partial charge in [-0.25, -0.2) is 13.6 Å². The topological polar surface area (TPSA) is 65.7 Å². The molecule has 0 bridgehead atoms. The van der Waals surface area contributed by atoms with E-state index in [-0.39, 0.29) is 34.6 Å². The lowest BCUT2D eigenvalue weighted by atomic mass is 10.1. The SMILES string of the molecule is CN1CCN(C(=O)N(Cc2ccc(-c3nnc(C(F)F)o3)cc2F)c2ccc(F)c(Cl)c2)CC1. The number of amides is 2. The molecule has 34 heavy (non-hydrogen) atoms. The zero-order chi connectivity index (χ0) is 24.4. The zero-order valence-corrected chi connectivity index (χ0v) is 18.8. The molecule has 2 aromatic carbocycles. The summed E-state index contributed by atoms with van der Waals surface area (Å²) in [6.07, 6.45) is -2.94. The molecule has 1 saturated heterocycles. The lowest BCUT2D eigenvalue weighted by Crippen LogP contribution is -2.52. The molecule has 7 nitrogen and oxygen atoms in total. The van der Waals surface area contributed by atoms with Gasteiger partial charge in [0.05, 0.1) is 11.6 Å². The van der Waals surface area contributed by atoms with E-state index in [0.717, 1.165) is 12.1 Å². The molecule has 0 spiro atoms. The van der Waals surface area contributed by atoms with Crippen LogP contribution in [0.15, 0.2) is 40.8 Å². The number of hydrogen-bond acceptors (Lipinski definition) is 5. The van der Waals surface area contributed by atoms with Crippen LogP contribution in [0.25, 0.3) is 11.5 Å².